The largest absolute Gasteiger partial charge is 0.469 e. The number of aliphatic imine (C=N–C) groups is 1. The third kappa shape index (κ3) is 6.30. The number of guanidine groups is 1. The van der Waals surface area contributed by atoms with Gasteiger partial charge in [-0.2, -0.15) is 0 Å². The van der Waals surface area contributed by atoms with E-state index in [0.29, 0.717) is 12.5 Å². The molecule has 0 amide bonds. The minimum absolute atomic E-state index is 0.117. The number of hydrogen-bond acceptors (Lipinski definition) is 4. The molecule has 1 saturated carbocycles. The molecule has 2 fully saturated rings. The van der Waals surface area contributed by atoms with E-state index >= 15 is 0 Å². The number of esters is 1. The molecule has 6 heteroatoms. The molecule has 2 aliphatic rings. The fourth-order valence-corrected chi connectivity index (χ4v) is 3.77. The molecule has 0 bridgehead atoms. The van der Waals surface area contributed by atoms with Crippen LogP contribution in [0.15, 0.2) is 4.99 Å². The maximum atomic E-state index is 11.0. The van der Waals surface area contributed by atoms with Gasteiger partial charge in [-0.05, 0) is 32.1 Å². The third-order valence-electron chi connectivity index (χ3n) is 5.20. The number of hydrogen-bond donors (Lipinski definition) is 2. The molecule has 2 rings (SSSR count). The smallest absolute Gasteiger partial charge is 0.305 e. The van der Waals surface area contributed by atoms with Gasteiger partial charge in [0.2, 0.25) is 0 Å². The van der Waals surface area contributed by atoms with Gasteiger partial charge in [-0.1, -0.05) is 19.3 Å². The zero-order valence-corrected chi connectivity index (χ0v) is 15.4. The summed E-state index contributed by atoms with van der Waals surface area (Å²) in [5.41, 5.74) is 0. The number of rotatable bonds is 8. The van der Waals surface area contributed by atoms with Gasteiger partial charge in [-0.25, -0.2) is 0 Å². The molecule has 6 nitrogen and oxygen atoms in total. The zero-order chi connectivity index (χ0) is 17.2. The summed E-state index contributed by atoms with van der Waals surface area (Å²) in [6.45, 7) is 3.25. The summed E-state index contributed by atoms with van der Waals surface area (Å²) in [6.07, 6.45) is 10.2. The lowest BCUT2D eigenvalue weighted by Crippen LogP contribution is -2.45. The highest BCUT2D eigenvalue weighted by Gasteiger charge is 2.30. The van der Waals surface area contributed by atoms with Crippen LogP contribution in [0.25, 0.3) is 0 Å². The Morgan fingerprint density at radius 2 is 2.00 bits per heavy atom. The summed E-state index contributed by atoms with van der Waals surface area (Å²) >= 11 is 0. The van der Waals surface area contributed by atoms with E-state index in [4.69, 9.17) is 0 Å². The Hall–Kier alpha value is -1.30. The van der Waals surface area contributed by atoms with E-state index < -0.39 is 0 Å². The van der Waals surface area contributed by atoms with Crippen LogP contribution < -0.4 is 10.6 Å². The van der Waals surface area contributed by atoms with Crippen molar-refractivity contribution in [2.45, 2.75) is 69.9 Å². The summed E-state index contributed by atoms with van der Waals surface area (Å²) < 4.78 is 4.64. The first-order valence-corrected chi connectivity index (χ1v) is 9.51. The Morgan fingerprint density at radius 1 is 1.21 bits per heavy atom. The van der Waals surface area contributed by atoms with Gasteiger partial charge < -0.3 is 15.4 Å². The number of unbranched alkanes of at least 4 members (excludes halogenated alkanes) is 2. The number of methoxy groups -OCH3 is 1. The lowest BCUT2D eigenvalue weighted by atomic mass is 10.2. The van der Waals surface area contributed by atoms with Crippen LogP contribution in [0.3, 0.4) is 0 Å². The Labute approximate surface area is 146 Å². The minimum atomic E-state index is -0.117. The van der Waals surface area contributed by atoms with Crippen molar-refractivity contribution < 1.29 is 9.53 Å². The Kier molecular flexibility index (Phi) is 8.36. The molecule has 1 heterocycles. The molecule has 24 heavy (non-hydrogen) atoms. The van der Waals surface area contributed by atoms with Gasteiger partial charge in [0, 0.05) is 45.2 Å². The molecule has 1 atom stereocenters. The number of carbonyl (C=O) groups excluding carboxylic acids is 1. The van der Waals surface area contributed by atoms with E-state index in [1.165, 1.54) is 45.8 Å². The van der Waals surface area contributed by atoms with E-state index in [1.54, 1.807) is 0 Å². The SMILES string of the molecule is CN=C(NCCCCCC(=O)OC)NC1CCN(C2CCCC2)C1. The van der Waals surface area contributed by atoms with Gasteiger partial charge in [0.05, 0.1) is 7.11 Å². The summed E-state index contributed by atoms with van der Waals surface area (Å²) in [6, 6.07) is 1.33. The summed E-state index contributed by atoms with van der Waals surface area (Å²) in [5.74, 6) is 0.787. The van der Waals surface area contributed by atoms with E-state index in [1.807, 2.05) is 7.05 Å². The number of ether oxygens (including phenoxy) is 1. The topological polar surface area (TPSA) is 66.0 Å². The lowest BCUT2D eigenvalue weighted by molar-refractivity contribution is -0.140. The number of likely N-dealkylation sites (tertiary alicyclic amines) is 1. The summed E-state index contributed by atoms with van der Waals surface area (Å²) in [4.78, 5) is 18.0. The first kappa shape index (κ1) is 19.0. The van der Waals surface area contributed by atoms with Gasteiger partial charge in [0.25, 0.3) is 0 Å². The van der Waals surface area contributed by atoms with Crippen molar-refractivity contribution in [1.29, 1.82) is 0 Å². The fourth-order valence-electron chi connectivity index (χ4n) is 3.77. The van der Waals surface area contributed by atoms with E-state index in [2.05, 4.69) is 25.3 Å². The van der Waals surface area contributed by atoms with Crippen molar-refractivity contribution in [3.63, 3.8) is 0 Å². The van der Waals surface area contributed by atoms with Crippen LogP contribution in [-0.2, 0) is 9.53 Å². The van der Waals surface area contributed by atoms with Crippen LogP contribution >= 0.6 is 0 Å². The van der Waals surface area contributed by atoms with Gasteiger partial charge in [0.15, 0.2) is 5.96 Å². The van der Waals surface area contributed by atoms with Gasteiger partial charge >= 0.3 is 5.97 Å². The highest BCUT2D eigenvalue weighted by Crippen LogP contribution is 2.26. The highest BCUT2D eigenvalue weighted by atomic mass is 16.5. The number of nitrogens with zero attached hydrogens (tertiary/aromatic N) is 2. The van der Waals surface area contributed by atoms with Gasteiger partial charge in [0.1, 0.15) is 0 Å². The molecule has 0 spiro atoms. The Morgan fingerprint density at radius 3 is 2.71 bits per heavy atom. The molecule has 0 aromatic heterocycles. The molecule has 1 aliphatic carbocycles. The average Bonchev–Trinajstić information content (AvgIpc) is 3.27. The van der Waals surface area contributed by atoms with Crippen molar-refractivity contribution in [2.24, 2.45) is 4.99 Å². The Balaban J connectivity index is 1.56. The van der Waals surface area contributed by atoms with Crippen molar-refractivity contribution in [3.8, 4) is 0 Å². The second-order valence-electron chi connectivity index (χ2n) is 6.95. The fraction of sp³-hybridized carbons (Fsp3) is 0.889. The van der Waals surface area contributed by atoms with Crippen LogP contribution in [-0.4, -0.2) is 62.7 Å². The summed E-state index contributed by atoms with van der Waals surface area (Å²) in [5, 5.41) is 6.95. The first-order chi connectivity index (χ1) is 11.7. The zero-order valence-electron chi connectivity index (χ0n) is 15.4. The third-order valence-corrected chi connectivity index (χ3v) is 5.20. The molecule has 2 N–H and O–H groups in total. The lowest BCUT2D eigenvalue weighted by Gasteiger charge is -2.24. The van der Waals surface area contributed by atoms with Crippen LogP contribution in [0.2, 0.25) is 0 Å². The second-order valence-corrected chi connectivity index (χ2v) is 6.95. The van der Waals surface area contributed by atoms with Crippen LogP contribution in [0.4, 0.5) is 0 Å². The van der Waals surface area contributed by atoms with Crippen molar-refractivity contribution >= 4 is 11.9 Å². The van der Waals surface area contributed by atoms with Crippen molar-refractivity contribution in [1.82, 2.24) is 15.5 Å². The second kappa shape index (κ2) is 10.5. The minimum Gasteiger partial charge on any atom is -0.469 e. The molecule has 0 aromatic carbocycles. The van der Waals surface area contributed by atoms with Crippen molar-refractivity contribution in [2.75, 3.05) is 33.8 Å². The highest BCUT2D eigenvalue weighted by molar-refractivity contribution is 5.80. The number of carbonyl (C=O) groups is 1. The van der Waals surface area contributed by atoms with Gasteiger partial charge in [-0.3, -0.25) is 14.7 Å². The average molecular weight is 338 g/mol. The molecule has 0 aromatic rings. The molecule has 138 valence electrons. The monoisotopic (exact) mass is 338 g/mol. The molecular weight excluding hydrogens is 304 g/mol. The van der Waals surface area contributed by atoms with E-state index in [9.17, 15) is 4.79 Å². The van der Waals surface area contributed by atoms with Crippen LogP contribution in [0.1, 0.15) is 57.8 Å². The van der Waals surface area contributed by atoms with E-state index in [0.717, 1.165) is 44.4 Å². The Bertz CT molecular complexity index is 408. The molecule has 1 saturated heterocycles. The van der Waals surface area contributed by atoms with Crippen LogP contribution in [0.5, 0.6) is 0 Å². The maximum Gasteiger partial charge on any atom is 0.305 e. The van der Waals surface area contributed by atoms with Crippen molar-refractivity contribution in [3.05, 3.63) is 0 Å². The predicted octanol–water partition coefficient (Wildman–Crippen LogP) is 1.90. The molecule has 0 radical (unpaired) electrons. The predicted molar refractivity (Wildman–Crippen MR) is 97.2 cm³/mol. The molecular formula is C18H34N4O2. The standard InChI is InChI=1S/C18H34N4O2/c1-19-18(20-12-7-3-4-10-17(23)24-2)21-15-11-13-22(14-15)16-8-5-6-9-16/h15-16H,3-14H2,1-2H3,(H2,19,20,21). The summed E-state index contributed by atoms with van der Waals surface area (Å²) in [7, 11) is 3.27. The first-order valence-electron chi connectivity index (χ1n) is 9.51. The maximum absolute atomic E-state index is 11.0. The number of nitrogens with one attached hydrogen (secondary N) is 2. The van der Waals surface area contributed by atoms with Gasteiger partial charge in [-0.15, -0.1) is 0 Å². The normalized spacial score (nSPS) is 22.8. The van der Waals surface area contributed by atoms with Crippen LogP contribution in [0, 0.1) is 0 Å². The van der Waals surface area contributed by atoms with E-state index in [-0.39, 0.29) is 5.97 Å². The molecule has 1 aliphatic heterocycles. The quantitative estimate of drug-likeness (QED) is 0.306. The molecule has 1 unspecified atom stereocenters.